The number of nitrogens with zero attached hydrogens (tertiary/aromatic N) is 2. The second-order valence-electron chi connectivity index (χ2n) is 5.10. The highest BCUT2D eigenvalue weighted by molar-refractivity contribution is 5.87. The summed E-state index contributed by atoms with van der Waals surface area (Å²) in [4.78, 5) is 34.4. The van der Waals surface area contributed by atoms with Crippen molar-refractivity contribution in [2.45, 2.75) is 37.8 Å². The summed E-state index contributed by atoms with van der Waals surface area (Å²) in [6.45, 7) is 0.990. The molecule has 112 valence electrons. The van der Waals surface area contributed by atoms with E-state index >= 15 is 0 Å². The maximum Gasteiger partial charge on any atom is 0.328 e. The van der Waals surface area contributed by atoms with Crippen LogP contribution in [-0.2, 0) is 14.4 Å². The lowest BCUT2D eigenvalue weighted by Gasteiger charge is -2.42. The number of nitrogens with one attached hydrogen (secondary N) is 1. The van der Waals surface area contributed by atoms with Crippen LogP contribution in [-0.4, -0.2) is 69.8 Å². The van der Waals surface area contributed by atoms with Gasteiger partial charge in [0.1, 0.15) is 6.04 Å². The first-order chi connectivity index (χ1) is 9.50. The van der Waals surface area contributed by atoms with Gasteiger partial charge in [-0.2, -0.15) is 0 Å². The van der Waals surface area contributed by atoms with Gasteiger partial charge in [0, 0.05) is 13.1 Å². The van der Waals surface area contributed by atoms with Gasteiger partial charge in [-0.05, 0) is 25.7 Å². The average molecular weight is 285 g/mol. The number of aliphatic carboxylic acids is 2. The van der Waals surface area contributed by atoms with E-state index in [4.69, 9.17) is 5.11 Å². The standard InChI is InChI=1S/C12H19N3O5/c16-10(17)7-13-8-3-1-5-14-6-2-4-9(12(19)20)15(14)11(8)18/h8-9,13H,1-7H2,(H,16,17)(H,19,20). The van der Waals surface area contributed by atoms with Crippen LogP contribution in [0.15, 0.2) is 0 Å². The maximum atomic E-state index is 12.5. The zero-order valence-corrected chi connectivity index (χ0v) is 11.1. The Morgan fingerprint density at radius 1 is 1.20 bits per heavy atom. The van der Waals surface area contributed by atoms with Crippen molar-refractivity contribution in [3.63, 3.8) is 0 Å². The summed E-state index contributed by atoms with van der Waals surface area (Å²) in [5, 5.41) is 23.7. The van der Waals surface area contributed by atoms with E-state index in [0.29, 0.717) is 25.9 Å². The molecule has 20 heavy (non-hydrogen) atoms. The van der Waals surface area contributed by atoms with Gasteiger partial charge in [0.05, 0.1) is 12.6 Å². The molecule has 2 aliphatic rings. The van der Waals surface area contributed by atoms with Gasteiger partial charge in [-0.25, -0.2) is 9.80 Å². The van der Waals surface area contributed by atoms with Crippen molar-refractivity contribution in [1.29, 1.82) is 0 Å². The monoisotopic (exact) mass is 285 g/mol. The lowest BCUT2D eigenvalue weighted by molar-refractivity contribution is -0.174. The summed E-state index contributed by atoms with van der Waals surface area (Å²) in [6.07, 6.45) is 2.43. The molecule has 2 unspecified atom stereocenters. The van der Waals surface area contributed by atoms with Gasteiger partial charge in [-0.1, -0.05) is 0 Å². The van der Waals surface area contributed by atoms with Gasteiger partial charge in [0.2, 0.25) is 0 Å². The molecule has 0 bridgehead atoms. The third kappa shape index (κ3) is 3.07. The Morgan fingerprint density at radius 2 is 1.85 bits per heavy atom. The second kappa shape index (κ2) is 6.19. The first-order valence-corrected chi connectivity index (χ1v) is 6.76. The molecule has 1 amide bonds. The molecule has 2 fully saturated rings. The maximum absolute atomic E-state index is 12.5. The molecule has 2 saturated heterocycles. The van der Waals surface area contributed by atoms with E-state index in [1.54, 1.807) is 5.01 Å². The molecule has 2 rings (SSSR count). The van der Waals surface area contributed by atoms with E-state index in [1.165, 1.54) is 5.01 Å². The minimum atomic E-state index is -1.03. The molecule has 0 radical (unpaired) electrons. The Morgan fingerprint density at radius 3 is 2.45 bits per heavy atom. The van der Waals surface area contributed by atoms with Crippen molar-refractivity contribution in [2.24, 2.45) is 0 Å². The molecule has 0 aromatic heterocycles. The van der Waals surface area contributed by atoms with Crippen LogP contribution < -0.4 is 5.32 Å². The second-order valence-corrected chi connectivity index (χ2v) is 5.10. The molecule has 2 atom stereocenters. The van der Waals surface area contributed by atoms with Crippen molar-refractivity contribution in [1.82, 2.24) is 15.3 Å². The number of hydrogen-bond donors (Lipinski definition) is 3. The number of amides is 1. The van der Waals surface area contributed by atoms with E-state index in [-0.39, 0.29) is 12.5 Å². The van der Waals surface area contributed by atoms with E-state index in [2.05, 4.69) is 5.32 Å². The van der Waals surface area contributed by atoms with Crippen molar-refractivity contribution in [2.75, 3.05) is 19.6 Å². The van der Waals surface area contributed by atoms with Gasteiger partial charge in [0.25, 0.3) is 5.91 Å². The van der Waals surface area contributed by atoms with Gasteiger partial charge in [-0.15, -0.1) is 0 Å². The third-order valence-corrected chi connectivity index (χ3v) is 3.71. The topological polar surface area (TPSA) is 110 Å². The zero-order valence-electron chi connectivity index (χ0n) is 11.1. The highest BCUT2D eigenvalue weighted by Crippen LogP contribution is 2.23. The first-order valence-electron chi connectivity index (χ1n) is 6.76. The Hall–Kier alpha value is -1.67. The van der Waals surface area contributed by atoms with Crippen LogP contribution in [0.5, 0.6) is 0 Å². The van der Waals surface area contributed by atoms with E-state index in [0.717, 1.165) is 12.8 Å². The SMILES string of the molecule is O=C(O)CNC1CCCN2CCCC(C(=O)O)N2C1=O. The minimum Gasteiger partial charge on any atom is -0.480 e. The quantitative estimate of drug-likeness (QED) is 0.615. The third-order valence-electron chi connectivity index (χ3n) is 3.71. The van der Waals surface area contributed by atoms with E-state index in [1.807, 2.05) is 0 Å². The smallest absolute Gasteiger partial charge is 0.328 e. The molecular weight excluding hydrogens is 266 g/mol. The normalized spacial score (nSPS) is 27.8. The predicted octanol–water partition coefficient (Wildman–Crippen LogP) is -0.884. The Balaban J connectivity index is 2.14. The number of hydrazine groups is 1. The van der Waals surface area contributed by atoms with Crippen molar-refractivity contribution in [3.8, 4) is 0 Å². The first kappa shape index (κ1) is 14.7. The van der Waals surface area contributed by atoms with Gasteiger partial charge < -0.3 is 10.2 Å². The summed E-state index contributed by atoms with van der Waals surface area (Å²) in [5.74, 6) is -2.38. The van der Waals surface area contributed by atoms with Crippen LogP contribution in [0, 0.1) is 0 Å². The predicted molar refractivity (Wildman–Crippen MR) is 67.7 cm³/mol. The molecule has 0 saturated carbocycles. The average Bonchev–Trinajstić information content (AvgIpc) is 2.56. The van der Waals surface area contributed by atoms with Crippen molar-refractivity contribution >= 4 is 17.8 Å². The number of hydrogen-bond acceptors (Lipinski definition) is 5. The highest BCUT2D eigenvalue weighted by atomic mass is 16.4. The summed E-state index contributed by atoms with van der Waals surface area (Å²) in [5.41, 5.74) is 0. The molecular formula is C12H19N3O5. The summed E-state index contributed by atoms with van der Waals surface area (Å²) in [7, 11) is 0. The fourth-order valence-corrected chi connectivity index (χ4v) is 2.80. The Bertz CT molecular complexity index is 414. The Kier molecular flexibility index (Phi) is 4.56. The molecule has 0 aromatic rings. The van der Waals surface area contributed by atoms with Crippen molar-refractivity contribution < 1.29 is 24.6 Å². The number of carbonyl (C=O) groups is 3. The van der Waals surface area contributed by atoms with Crippen LogP contribution in [0.1, 0.15) is 25.7 Å². The van der Waals surface area contributed by atoms with Crippen LogP contribution in [0.25, 0.3) is 0 Å². The number of carboxylic acids is 2. The molecule has 8 heteroatoms. The highest BCUT2D eigenvalue weighted by Gasteiger charge is 2.41. The fourth-order valence-electron chi connectivity index (χ4n) is 2.80. The van der Waals surface area contributed by atoms with Gasteiger partial charge in [0.15, 0.2) is 0 Å². The van der Waals surface area contributed by atoms with Crippen molar-refractivity contribution in [3.05, 3.63) is 0 Å². The molecule has 8 nitrogen and oxygen atoms in total. The van der Waals surface area contributed by atoms with E-state index < -0.39 is 24.0 Å². The minimum absolute atomic E-state index is 0.304. The number of carbonyl (C=O) groups excluding carboxylic acids is 1. The number of carboxylic acid groups (broad SMARTS) is 2. The van der Waals surface area contributed by atoms with Gasteiger partial charge >= 0.3 is 11.9 Å². The number of rotatable bonds is 4. The lowest BCUT2D eigenvalue weighted by Crippen LogP contribution is -2.61. The zero-order chi connectivity index (χ0) is 14.7. The number of fused-ring (bicyclic) bond motifs is 1. The van der Waals surface area contributed by atoms with Crippen LogP contribution in [0.4, 0.5) is 0 Å². The largest absolute Gasteiger partial charge is 0.480 e. The molecule has 0 spiro atoms. The Labute approximate surface area is 116 Å². The summed E-state index contributed by atoms with van der Waals surface area (Å²) in [6, 6.07) is -1.47. The molecule has 3 N–H and O–H groups in total. The lowest BCUT2D eigenvalue weighted by atomic mass is 10.1. The fraction of sp³-hybridized carbons (Fsp3) is 0.750. The summed E-state index contributed by atoms with van der Waals surface area (Å²) >= 11 is 0. The molecule has 2 aliphatic heterocycles. The van der Waals surface area contributed by atoms with Crippen LogP contribution >= 0.6 is 0 Å². The molecule has 2 heterocycles. The summed E-state index contributed by atoms with van der Waals surface area (Å²) < 4.78 is 0. The van der Waals surface area contributed by atoms with Crippen LogP contribution in [0.2, 0.25) is 0 Å². The van der Waals surface area contributed by atoms with Crippen LogP contribution in [0.3, 0.4) is 0 Å². The molecule has 0 aliphatic carbocycles. The molecule has 0 aromatic carbocycles. The van der Waals surface area contributed by atoms with Gasteiger partial charge in [-0.3, -0.25) is 19.9 Å². The van der Waals surface area contributed by atoms with E-state index in [9.17, 15) is 19.5 Å².